The van der Waals surface area contributed by atoms with Crippen LogP contribution in [0.1, 0.15) is 52.8 Å². The molecule has 4 nitrogen and oxygen atoms in total. The zero-order valence-electron chi connectivity index (χ0n) is 13.6. The van der Waals surface area contributed by atoms with E-state index in [0.29, 0.717) is 29.8 Å². The Kier molecular flexibility index (Phi) is 6.75. The average Bonchev–Trinajstić information content (AvgIpc) is 2.89. The Morgan fingerprint density at radius 2 is 1.90 bits per heavy atom. The minimum atomic E-state index is -3.45. The molecule has 0 spiro atoms. The minimum Gasteiger partial charge on any atom is -0.346 e. The van der Waals surface area contributed by atoms with Gasteiger partial charge in [-0.3, -0.25) is 0 Å². The summed E-state index contributed by atoms with van der Waals surface area (Å²) in [6.07, 6.45) is 2.67. The van der Waals surface area contributed by atoms with E-state index < -0.39 is 10.0 Å². The highest BCUT2D eigenvalue weighted by atomic mass is 35.5. The minimum absolute atomic E-state index is 0.187. The molecule has 0 bridgehead atoms. The van der Waals surface area contributed by atoms with Crippen LogP contribution in [0.2, 0.25) is 0 Å². The molecule has 0 aromatic carbocycles. The zero-order chi connectivity index (χ0) is 16.2. The molecule has 0 radical (unpaired) electrons. The lowest BCUT2D eigenvalue weighted by Gasteiger charge is -2.22. The summed E-state index contributed by atoms with van der Waals surface area (Å²) in [6.45, 7) is 11.1. The number of alkyl halides is 1. The third kappa shape index (κ3) is 4.24. The van der Waals surface area contributed by atoms with Gasteiger partial charge in [0.05, 0.1) is 5.88 Å². The topological polar surface area (TPSA) is 42.3 Å². The van der Waals surface area contributed by atoms with Crippen LogP contribution in [0.5, 0.6) is 0 Å². The van der Waals surface area contributed by atoms with Crippen LogP contribution < -0.4 is 0 Å². The maximum absolute atomic E-state index is 12.8. The van der Waals surface area contributed by atoms with Crippen molar-refractivity contribution < 1.29 is 8.42 Å². The molecule has 0 aliphatic rings. The first-order valence-electron chi connectivity index (χ1n) is 7.54. The number of halogens is 1. The third-order valence-electron chi connectivity index (χ3n) is 3.80. The number of hydrogen-bond donors (Lipinski definition) is 0. The van der Waals surface area contributed by atoms with Crippen molar-refractivity contribution in [3.8, 4) is 0 Å². The van der Waals surface area contributed by atoms with Crippen LogP contribution in [-0.2, 0) is 15.9 Å². The number of sulfonamides is 1. The number of aromatic nitrogens is 1. The Morgan fingerprint density at radius 3 is 2.29 bits per heavy atom. The first-order chi connectivity index (χ1) is 9.77. The highest BCUT2D eigenvalue weighted by Crippen LogP contribution is 2.24. The summed E-state index contributed by atoms with van der Waals surface area (Å²) in [4.78, 5) is 0.344. The molecule has 1 rings (SSSR count). The van der Waals surface area contributed by atoms with Crippen molar-refractivity contribution in [2.45, 2.75) is 57.9 Å². The van der Waals surface area contributed by atoms with Gasteiger partial charge in [0.2, 0.25) is 10.0 Å². The first-order valence-corrected chi connectivity index (χ1v) is 9.52. The molecule has 0 aliphatic carbocycles. The summed E-state index contributed by atoms with van der Waals surface area (Å²) in [7, 11) is -3.45. The normalized spacial score (nSPS) is 14.1. The van der Waals surface area contributed by atoms with Crippen LogP contribution in [-0.4, -0.2) is 30.4 Å². The van der Waals surface area contributed by atoms with Crippen molar-refractivity contribution in [2.24, 2.45) is 5.92 Å². The standard InChI is InChI=1S/C15H27ClN2O2S/c1-6-13(5)10-17(7-2)21(19,20)15-8-14(9-16)18(11-15)12(3)4/h8,11-13H,6-7,9-10H2,1-5H3. The van der Waals surface area contributed by atoms with Crippen molar-refractivity contribution in [2.75, 3.05) is 13.1 Å². The number of nitrogens with zero attached hydrogens (tertiary/aromatic N) is 2. The molecule has 0 aliphatic heterocycles. The summed E-state index contributed by atoms with van der Waals surface area (Å²) >= 11 is 5.93. The number of rotatable bonds is 8. The zero-order valence-corrected chi connectivity index (χ0v) is 15.2. The molecule has 122 valence electrons. The van der Waals surface area contributed by atoms with Gasteiger partial charge in [-0.2, -0.15) is 4.31 Å². The van der Waals surface area contributed by atoms with Crippen molar-refractivity contribution in [3.05, 3.63) is 18.0 Å². The molecule has 6 heteroatoms. The van der Waals surface area contributed by atoms with Crippen LogP contribution in [0.4, 0.5) is 0 Å². The highest BCUT2D eigenvalue weighted by Gasteiger charge is 2.26. The Labute approximate surface area is 134 Å². The lowest BCUT2D eigenvalue weighted by molar-refractivity contribution is 0.361. The monoisotopic (exact) mass is 334 g/mol. The summed E-state index contributed by atoms with van der Waals surface area (Å²) < 4.78 is 29.1. The molecule has 21 heavy (non-hydrogen) atoms. The molecule has 0 N–H and O–H groups in total. The van der Waals surface area contributed by atoms with Gasteiger partial charge < -0.3 is 4.57 Å². The fourth-order valence-corrected chi connectivity index (χ4v) is 4.08. The molecule has 1 aromatic rings. The van der Waals surface area contributed by atoms with Crippen LogP contribution in [0.3, 0.4) is 0 Å². The lowest BCUT2D eigenvalue weighted by atomic mass is 10.1. The van der Waals surface area contributed by atoms with E-state index in [9.17, 15) is 8.42 Å². The summed E-state index contributed by atoms with van der Waals surface area (Å²) in [5, 5.41) is 0. The summed E-state index contributed by atoms with van der Waals surface area (Å²) in [6, 6.07) is 1.88. The third-order valence-corrected chi connectivity index (χ3v) is 5.98. The van der Waals surface area contributed by atoms with Crippen LogP contribution in [0.25, 0.3) is 0 Å². The Balaban J connectivity index is 3.17. The second kappa shape index (κ2) is 7.65. The predicted octanol–water partition coefficient (Wildman–Crippen LogP) is 3.86. The maximum atomic E-state index is 12.8. The number of hydrogen-bond acceptors (Lipinski definition) is 2. The predicted molar refractivity (Wildman–Crippen MR) is 88.3 cm³/mol. The van der Waals surface area contributed by atoms with E-state index in [1.165, 1.54) is 0 Å². The summed E-state index contributed by atoms with van der Waals surface area (Å²) in [5.74, 6) is 0.657. The Bertz CT molecular complexity index is 552. The van der Waals surface area contributed by atoms with E-state index in [0.717, 1.165) is 12.1 Å². The second-order valence-corrected chi connectivity index (χ2v) is 7.98. The first kappa shape index (κ1) is 18.5. The molecule has 1 heterocycles. The van der Waals surface area contributed by atoms with E-state index in [1.807, 2.05) is 25.3 Å². The molecule has 0 saturated carbocycles. The smallest absolute Gasteiger partial charge is 0.244 e. The summed E-state index contributed by atoms with van der Waals surface area (Å²) in [5.41, 5.74) is 0.838. The van der Waals surface area contributed by atoms with Crippen molar-refractivity contribution in [1.82, 2.24) is 8.87 Å². The quantitative estimate of drug-likeness (QED) is 0.677. The average molecular weight is 335 g/mol. The van der Waals surface area contributed by atoms with Gasteiger partial charge in [0.25, 0.3) is 0 Å². The van der Waals surface area contributed by atoms with Gasteiger partial charge in [-0.15, -0.1) is 11.6 Å². The molecular weight excluding hydrogens is 308 g/mol. The van der Waals surface area contributed by atoms with Gasteiger partial charge in [0, 0.05) is 31.0 Å². The van der Waals surface area contributed by atoms with Crippen LogP contribution in [0.15, 0.2) is 17.2 Å². The van der Waals surface area contributed by atoms with Gasteiger partial charge in [-0.25, -0.2) is 8.42 Å². The van der Waals surface area contributed by atoms with Crippen LogP contribution in [0, 0.1) is 5.92 Å². The van der Waals surface area contributed by atoms with Crippen LogP contribution >= 0.6 is 11.6 Å². The molecule has 0 saturated heterocycles. The van der Waals surface area contributed by atoms with Crippen molar-refractivity contribution in [1.29, 1.82) is 0 Å². The molecule has 0 amide bonds. The van der Waals surface area contributed by atoms with Gasteiger partial charge in [-0.05, 0) is 25.8 Å². The molecule has 1 atom stereocenters. The lowest BCUT2D eigenvalue weighted by Crippen LogP contribution is -2.34. The largest absolute Gasteiger partial charge is 0.346 e. The van der Waals surface area contributed by atoms with E-state index in [4.69, 9.17) is 11.6 Å². The highest BCUT2D eigenvalue weighted by molar-refractivity contribution is 7.89. The SMILES string of the molecule is CCC(C)CN(CC)S(=O)(=O)c1cc(CCl)n(C(C)C)c1. The fraction of sp³-hybridized carbons (Fsp3) is 0.733. The van der Waals surface area contributed by atoms with Gasteiger partial charge in [-0.1, -0.05) is 27.2 Å². The fourth-order valence-electron chi connectivity index (χ4n) is 2.25. The van der Waals surface area contributed by atoms with E-state index >= 15 is 0 Å². The molecule has 0 fully saturated rings. The molecule has 1 aromatic heterocycles. The van der Waals surface area contributed by atoms with E-state index in [2.05, 4.69) is 13.8 Å². The Morgan fingerprint density at radius 1 is 1.29 bits per heavy atom. The Hall–Kier alpha value is -0.520. The molecular formula is C15H27ClN2O2S. The van der Waals surface area contributed by atoms with Crippen molar-refractivity contribution >= 4 is 21.6 Å². The van der Waals surface area contributed by atoms with Gasteiger partial charge in [0.15, 0.2) is 0 Å². The van der Waals surface area contributed by atoms with Gasteiger partial charge in [0.1, 0.15) is 4.90 Å². The second-order valence-electron chi connectivity index (χ2n) is 5.77. The molecule has 1 unspecified atom stereocenters. The van der Waals surface area contributed by atoms with Crippen molar-refractivity contribution in [3.63, 3.8) is 0 Å². The van der Waals surface area contributed by atoms with Gasteiger partial charge >= 0.3 is 0 Å². The van der Waals surface area contributed by atoms with E-state index in [1.54, 1.807) is 16.6 Å². The maximum Gasteiger partial charge on any atom is 0.244 e. The van der Waals surface area contributed by atoms with E-state index in [-0.39, 0.29) is 6.04 Å².